The highest BCUT2D eigenvalue weighted by Crippen LogP contribution is 2.45. The molecule has 0 atom stereocenters. The molecule has 254 valence electrons. The fourth-order valence-corrected chi connectivity index (χ4v) is 8.05. The van der Waals surface area contributed by atoms with Crippen LogP contribution in [0.15, 0.2) is 218 Å². The van der Waals surface area contributed by atoms with Crippen LogP contribution in [0.25, 0.3) is 71.6 Å². The van der Waals surface area contributed by atoms with Crippen molar-refractivity contribution in [2.45, 2.75) is 0 Å². The van der Waals surface area contributed by atoms with E-state index in [0.29, 0.717) is 0 Å². The lowest BCUT2D eigenvalue weighted by molar-refractivity contribution is 1.18. The van der Waals surface area contributed by atoms with Crippen LogP contribution in [0.2, 0.25) is 0 Å². The molecule has 1 heterocycles. The fraction of sp³-hybridized carbons (Fsp3) is 0. The minimum absolute atomic E-state index is 1.09. The lowest BCUT2D eigenvalue weighted by atomic mass is 9.98. The Kier molecular flexibility index (Phi) is 7.85. The van der Waals surface area contributed by atoms with Gasteiger partial charge < -0.3 is 9.47 Å². The Morgan fingerprint density at radius 3 is 1.63 bits per heavy atom. The summed E-state index contributed by atoms with van der Waals surface area (Å²) in [6, 6.07) is 78.9. The average molecular weight is 689 g/mol. The number of para-hydroxylation sites is 2. The van der Waals surface area contributed by atoms with E-state index in [1.54, 1.807) is 0 Å². The zero-order valence-electron chi connectivity index (χ0n) is 29.7. The molecule has 0 saturated carbocycles. The molecule has 0 aliphatic heterocycles. The average Bonchev–Trinajstić information content (AvgIpc) is 3.59. The first-order valence-electron chi connectivity index (χ1n) is 18.5. The van der Waals surface area contributed by atoms with Crippen molar-refractivity contribution in [1.82, 2.24) is 4.57 Å². The molecule has 0 saturated heterocycles. The highest BCUT2D eigenvalue weighted by molar-refractivity contribution is 6.16. The lowest BCUT2D eigenvalue weighted by Gasteiger charge is -2.28. The quantitative estimate of drug-likeness (QED) is 0.162. The molecule has 0 amide bonds. The molecular weight excluding hydrogens is 653 g/mol. The molecular formula is C52H36N2. The Balaban J connectivity index is 1.23. The second-order valence-corrected chi connectivity index (χ2v) is 13.8. The maximum absolute atomic E-state index is 2.43. The largest absolute Gasteiger partial charge is 0.310 e. The Hall–Kier alpha value is -7.16. The monoisotopic (exact) mass is 688 g/mol. The van der Waals surface area contributed by atoms with Crippen LogP contribution in [0.1, 0.15) is 0 Å². The molecule has 0 aliphatic rings. The van der Waals surface area contributed by atoms with Gasteiger partial charge in [0.1, 0.15) is 0 Å². The van der Waals surface area contributed by atoms with E-state index >= 15 is 0 Å². The molecule has 0 bridgehead atoms. The van der Waals surface area contributed by atoms with E-state index in [1.807, 2.05) is 0 Å². The first kappa shape index (κ1) is 31.6. The van der Waals surface area contributed by atoms with Crippen LogP contribution < -0.4 is 4.90 Å². The van der Waals surface area contributed by atoms with E-state index < -0.39 is 0 Å². The molecule has 2 heteroatoms. The smallest absolute Gasteiger partial charge is 0.0562 e. The molecule has 0 fully saturated rings. The molecule has 2 nitrogen and oxygen atoms in total. The Labute approximate surface area is 315 Å². The molecule has 9 aromatic carbocycles. The van der Waals surface area contributed by atoms with Crippen molar-refractivity contribution in [3.05, 3.63) is 218 Å². The highest BCUT2D eigenvalue weighted by atomic mass is 15.1. The zero-order valence-corrected chi connectivity index (χ0v) is 29.7. The van der Waals surface area contributed by atoms with E-state index in [0.717, 1.165) is 28.3 Å². The van der Waals surface area contributed by atoms with Crippen molar-refractivity contribution in [3.63, 3.8) is 0 Å². The van der Waals surface area contributed by atoms with Crippen LogP contribution in [0.3, 0.4) is 0 Å². The predicted octanol–water partition coefficient (Wildman–Crippen LogP) is 14.4. The SMILES string of the molecule is c1ccc(-c2ccc3cc(N(c4ccc5c6c(-c7ccccc7)cccc6n(-c6ccccc6)c5c4)c4ccccc4-c4ccccc4)ccc3c2)cc1. The lowest BCUT2D eigenvalue weighted by Crippen LogP contribution is -2.11. The minimum atomic E-state index is 1.09. The van der Waals surface area contributed by atoms with Crippen LogP contribution in [0.4, 0.5) is 17.1 Å². The Morgan fingerprint density at radius 1 is 0.333 bits per heavy atom. The number of benzene rings is 9. The summed E-state index contributed by atoms with van der Waals surface area (Å²) >= 11 is 0. The summed E-state index contributed by atoms with van der Waals surface area (Å²) in [5.74, 6) is 0. The number of anilines is 3. The number of hydrogen-bond acceptors (Lipinski definition) is 1. The van der Waals surface area contributed by atoms with Gasteiger partial charge in [0.05, 0.1) is 16.7 Å². The third kappa shape index (κ3) is 5.53. The molecule has 10 rings (SSSR count). The van der Waals surface area contributed by atoms with Gasteiger partial charge in [-0.1, -0.05) is 164 Å². The van der Waals surface area contributed by atoms with Gasteiger partial charge in [-0.25, -0.2) is 0 Å². The summed E-state index contributed by atoms with van der Waals surface area (Å²) in [4.78, 5) is 2.43. The summed E-state index contributed by atoms with van der Waals surface area (Å²) in [5, 5.41) is 4.89. The van der Waals surface area contributed by atoms with E-state index in [4.69, 9.17) is 0 Å². The maximum atomic E-state index is 2.43. The summed E-state index contributed by atoms with van der Waals surface area (Å²) < 4.78 is 2.42. The van der Waals surface area contributed by atoms with Gasteiger partial charge >= 0.3 is 0 Å². The number of fused-ring (bicyclic) bond motifs is 4. The van der Waals surface area contributed by atoms with Crippen molar-refractivity contribution >= 4 is 49.6 Å². The molecule has 1 aromatic heterocycles. The molecule has 0 radical (unpaired) electrons. The Bertz CT molecular complexity index is 2910. The topological polar surface area (TPSA) is 8.17 Å². The predicted molar refractivity (Wildman–Crippen MR) is 229 cm³/mol. The van der Waals surface area contributed by atoms with Gasteiger partial charge in [-0.3, -0.25) is 0 Å². The van der Waals surface area contributed by atoms with E-state index in [1.165, 1.54) is 60.4 Å². The molecule has 54 heavy (non-hydrogen) atoms. The second kappa shape index (κ2) is 13.4. The molecule has 0 aliphatic carbocycles. The van der Waals surface area contributed by atoms with Crippen LogP contribution in [0, 0.1) is 0 Å². The van der Waals surface area contributed by atoms with Crippen molar-refractivity contribution in [2.75, 3.05) is 4.90 Å². The molecule has 0 N–H and O–H groups in total. The second-order valence-electron chi connectivity index (χ2n) is 13.8. The van der Waals surface area contributed by atoms with Gasteiger partial charge in [0.15, 0.2) is 0 Å². The van der Waals surface area contributed by atoms with Crippen LogP contribution in [0.5, 0.6) is 0 Å². The standard InChI is InChI=1S/C52H36N2/c1-5-16-37(17-6-1)40-28-29-42-35-44(31-30-41(42)34-40)53(49-26-14-13-24-46(49)38-18-7-2-8-19-38)45-32-33-48-51(36-45)54(43-22-11-4-12-23-43)50-27-15-25-47(52(48)50)39-20-9-3-10-21-39/h1-36H. The highest BCUT2D eigenvalue weighted by Gasteiger charge is 2.21. The van der Waals surface area contributed by atoms with E-state index in [2.05, 4.69) is 228 Å². The van der Waals surface area contributed by atoms with Crippen LogP contribution in [-0.4, -0.2) is 4.57 Å². The first-order chi connectivity index (χ1) is 26.8. The molecule has 0 unspecified atom stereocenters. The fourth-order valence-electron chi connectivity index (χ4n) is 8.05. The van der Waals surface area contributed by atoms with E-state index in [9.17, 15) is 0 Å². The van der Waals surface area contributed by atoms with Gasteiger partial charge in [-0.15, -0.1) is 0 Å². The third-order valence-corrected chi connectivity index (χ3v) is 10.6. The summed E-state index contributed by atoms with van der Waals surface area (Å²) in [6.45, 7) is 0. The Morgan fingerprint density at radius 2 is 0.889 bits per heavy atom. The van der Waals surface area contributed by atoms with Gasteiger partial charge in [0.2, 0.25) is 0 Å². The van der Waals surface area contributed by atoms with Gasteiger partial charge in [0, 0.05) is 33.4 Å². The van der Waals surface area contributed by atoms with Gasteiger partial charge in [-0.2, -0.15) is 0 Å². The van der Waals surface area contributed by atoms with Crippen molar-refractivity contribution in [2.24, 2.45) is 0 Å². The van der Waals surface area contributed by atoms with Crippen LogP contribution >= 0.6 is 0 Å². The van der Waals surface area contributed by atoms with Crippen molar-refractivity contribution < 1.29 is 0 Å². The zero-order chi connectivity index (χ0) is 35.8. The van der Waals surface area contributed by atoms with Crippen molar-refractivity contribution in [1.29, 1.82) is 0 Å². The molecule has 10 aromatic rings. The summed E-state index contributed by atoms with van der Waals surface area (Å²) in [5.41, 5.74) is 14.0. The summed E-state index contributed by atoms with van der Waals surface area (Å²) in [6.07, 6.45) is 0. The number of nitrogens with zero attached hydrogens (tertiary/aromatic N) is 2. The normalized spacial score (nSPS) is 11.3. The number of rotatable bonds is 7. The van der Waals surface area contributed by atoms with Crippen molar-refractivity contribution in [3.8, 4) is 39.1 Å². The minimum Gasteiger partial charge on any atom is -0.310 e. The number of hydrogen-bond donors (Lipinski definition) is 0. The maximum Gasteiger partial charge on any atom is 0.0562 e. The third-order valence-electron chi connectivity index (χ3n) is 10.6. The first-order valence-corrected chi connectivity index (χ1v) is 18.5. The molecule has 0 spiro atoms. The van der Waals surface area contributed by atoms with E-state index in [-0.39, 0.29) is 0 Å². The number of aromatic nitrogens is 1. The summed E-state index contributed by atoms with van der Waals surface area (Å²) in [7, 11) is 0. The van der Waals surface area contributed by atoms with Gasteiger partial charge in [0.25, 0.3) is 0 Å². The van der Waals surface area contributed by atoms with Gasteiger partial charge in [-0.05, 0) is 93.2 Å². The van der Waals surface area contributed by atoms with Crippen LogP contribution in [-0.2, 0) is 0 Å².